The number of nitro groups is 1. The van der Waals surface area contributed by atoms with Crippen LogP contribution in [0.3, 0.4) is 0 Å². The topological polar surface area (TPSA) is 84.3 Å². The van der Waals surface area contributed by atoms with Crippen LogP contribution in [0.1, 0.15) is 38.5 Å². The van der Waals surface area contributed by atoms with E-state index in [1.165, 1.54) is 50.3 Å². The van der Waals surface area contributed by atoms with E-state index in [1.807, 2.05) is 0 Å². The lowest BCUT2D eigenvalue weighted by atomic mass is 9.87. The van der Waals surface area contributed by atoms with Crippen molar-refractivity contribution in [2.45, 2.75) is 38.5 Å². The molecule has 0 bridgehead atoms. The van der Waals surface area contributed by atoms with E-state index in [9.17, 15) is 14.9 Å². The van der Waals surface area contributed by atoms with Crippen LogP contribution in [-0.2, 0) is 0 Å². The number of nitro benzene ring substituents is 1. The zero-order valence-corrected chi connectivity index (χ0v) is 13.1. The van der Waals surface area contributed by atoms with Gasteiger partial charge in [0.05, 0.1) is 15.6 Å². The molecule has 2 rings (SSSR count). The first-order chi connectivity index (χ1) is 10.6. The minimum Gasteiger partial charge on any atom is -0.338 e. The molecule has 120 valence electrons. The lowest BCUT2D eigenvalue weighted by Gasteiger charge is -2.21. The van der Waals surface area contributed by atoms with Gasteiger partial charge >= 0.3 is 6.03 Å². The van der Waals surface area contributed by atoms with Crippen molar-refractivity contribution in [3.05, 3.63) is 33.3 Å². The molecule has 0 aliphatic heterocycles. The fourth-order valence-corrected chi connectivity index (χ4v) is 2.92. The first kappa shape index (κ1) is 16.5. The number of anilines is 1. The Morgan fingerprint density at radius 2 is 2.05 bits per heavy atom. The molecule has 1 aliphatic carbocycles. The van der Waals surface area contributed by atoms with Crippen LogP contribution in [0.4, 0.5) is 16.2 Å². The molecule has 0 saturated heterocycles. The maximum atomic E-state index is 11.8. The second kappa shape index (κ2) is 7.98. The third kappa shape index (κ3) is 4.87. The quantitative estimate of drug-likeness (QED) is 0.623. The van der Waals surface area contributed by atoms with Gasteiger partial charge in [-0.3, -0.25) is 10.1 Å². The molecule has 1 aliphatic rings. The van der Waals surface area contributed by atoms with E-state index >= 15 is 0 Å². The first-order valence-corrected chi connectivity index (χ1v) is 7.93. The first-order valence-electron chi connectivity index (χ1n) is 7.55. The average Bonchev–Trinajstić information content (AvgIpc) is 2.50. The number of halogens is 1. The van der Waals surface area contributed by atoms with Crippen LogP contribution in [0.2, 0.25) is 5.02 Å². The highest BCUT2D eigenvalue weighted by atomic mass is 35.5. The summed E-state index contributed by atoms with van der Waals surface area (Å²) in [5.41, 5.74) is 0.132. The molecule has 0 radical (unpaired) electrons. The lowest BCUT2D eigenvalue weighted by Crippen LogP contribution is -2.30. The van der Waals surface area contributed by atoms with Gasteiger partial charge in [-0.2, -0.15) is 0 Å². The van der Waals surface area contributed by atoms with Gasteiger partial charge in [0.15, 0.2) is 0 Å². The number of rotatable bonds is 5. The Kier molecular flexibility index (Phi) is 6.00. The summed E-state index contributed by atoms with van der Waals surface area (Å²) in [7, 11) is 0. The van der Waals surface area contributed by atoms with Crippen molar-refractivity contribution in [3.63, 3.8) is 0 Å². The van der Waals surface area contributed by atoms with Gasteiger partial charge in [0.25, 0.3) is 5.69 Å². The number of hydrogen-bond donors (Lipinski definition) is 2. The van der Waals surface area contributed by atoms with Crippen molar-refractivity contribution < 1.29 is 9.72 Å². The Morgan fingerprint density at radius 1 is 1.32 bits per heavy atom. The maximum absolute atomic E-state index is 11.8. The third-order valence-electron chi connectivity index (χ3n) is 3.97. The van der Waals surface area contributed by atoms with Crippen molar-refractivity contribution in [2.75, 3.05) is 11.9 Å². The zero-order valence-electron chi connectivity index (χ0n) is 12.3. The fraction of sp³-hybridized carbons (Fsp3) is 0.533. The second-order valence-electron chi connectivity index (χ2n) is 5.59. The Hall–Kier alpha value is -1.82. The van der Waals surface area contributed by atoms with E-state index in [0.717, 1.165) is 6.42 Å². The zero-order chi connectivity index (χ0) is 15.9. The lowest BCUT2D eigenvalue weighted by molar-refractivity contribution is -0.384. The summed E-state index contributed by atoms with van der Waals surface area (Å²) in [5.74, 6) is 0.690. The summed E-state index contributed by atoms with van der Waals surface area (Å²) in [5, 5.41) is 16.3. The summed E-state index contributed by atoms with van der Waals surface area (Å²) in [4.78, 5) is 22.0. The predicted molar refractivity (Wildman–Crippen MR) is 86.3 cm³/mol. The van der Waals surface area contributed by atoms with Crippen LogP contribution in [0.5, 0.6) is 0 Å². The van der Waals surface area contributed by atoms with Gasteiger partial charge in [0, 0.05) is 18.7 Å². The van der Waals surface area contributed by atoms with Crippen LogP contribution in [-0.4, -0.2) is 17.5 Å². The number of nitrogens with zero attached hydrogens (tertiary/aromatic N) is 1. The van der Waals surface area contributed by atoms with Crippen molar-refractivity contribution in [3.8, 4) is 0 Å². The maximum Gasteiger partial charge on any atom is 0.319 e. The van der Waals surface area contributed by atoms with E-state index in [-0.39, 0.29) is 16.4 Å². The molecule has 0 atom stereocenters. The molecule has 0 aromatic heterocycles. The van der Waals surface area contributed by atoms with Gasteiger partial charge in [-0.15, -0.1) is 0 Å². The number of hydrogen-bond acceptors (Lipinski definition) is 3. The molecular weight excluding hydrogens is 306 g/mol. The minimum atomic E-state index is -0.525. The molecule has 7 heteroatoms. The molecule has 2 N–H and O–H groups in total. The predicted octanol–water partition coefficient (Wildman–Crippen LogP) is 4.34. The number of carbonyl (C=O) groups is 1. The highest BCUT2D eigenvalue weighted by Gasteiger charge is 2.14. The molecule has 0 heterocycles. The minimum absolute atomic E-state index is 0.109. The Bertz CT molecular complexity index is 545. The number of nitrogens with one attached hydrogen (secondary N) is 2. The highest BCUT2D eigenvalue weighted by molar-refractivity contribution is 6.33. The number of urea groups is 1. The van der Waals surface area contributed by atoms with Crippen LogP contribution < -0.4 is 10.6 Å². The van der Waals surface area contributed by atoms with E-state index in [2.05, 4.69) is 10.6 Å². The molecule has 0 spiro atoms. The molecular formula is C15H20ClN3O3. The molecule has 0 unspecified atom stereocenters. The van der Waals surface area contributed by atoms with Crippen LogP contribution in [0, 0.1) is 16.0 Å². The molecule has 1 aromatic carbocycles. The number of amides is 2. The largest absolute Gasteiger partial charge is 0.338 e. The van der Waals surface area contributed by atoms with Gasteiger partial charge in [0.1, 0.15) is 0 Å². The van der Waals surface area contributed by atoms with Crippen molar-refractivity contribution >= 4 is 29.0 Å². The van der Waals surface area contributed by atoms with Crippen molar-refractivity contribution in [1.29, 1.82) is 0 Å². The van der Waals surface area contributed by atoms with E-state index in [1.54, 1.807) is 0 Å². The van der Waals surface area contributed by atoms with Crippen molar-refractivity contribution in [1.82, 2.24) is 5.32 Å². The number of carbonyl (C=O) groups excluding carboxylic acids is 1. The van der Waals surface area contributed by atoms with Gasteiger partial charge in [0.2, 0.25) is 0 Å². The summed E-state index contributed by atoms with van der Waals surface area (Å²) < 4.78 is 0. The molecule has 1 saturated carbocycles. The van der Waals surface area contributed by atoms with E-state index < -0.39 is 11.0 Å². The third-order valence-corrected chi connectivity index (χ3v) is 4.30. The van der Waals surface area contributed by atoms with E-state index in [0.29, 0.717) is 12.5 Å². The van der Waals surface area contributed by atoms with Gasteiger partial charge in [-0.25, -0.2) is 4.79 Å². The Labute approximate surface area is 134 Å². The summed E-state index contributed by atoms with van der Waals surface area (Å²) >= 11 is 5.94. The Morgan fingerprint density at radius 3 is 2.73 bits per heavy atom. The smallest absolute Gasteiger partial charge is 0.319 e. The average molecular weight is 326 g/mol. The molecule has 2 amide bonds. The van der Waals surface area contributed by atoms with Crippen molar-refractivity contribution in [2.24, 2.45) is 5.92 Å². The summed E-state index contributed by atoms with van der Waals surface area (Å²) in [6, 6.07) is 3.56. The second-order valence-corrected chi connectivity index (χ2v) is 6.00. The number of benzene rings is 1. The number of non-ortho nitro benzene ring substituents is 1. The molecule has 6 nitrogen and oxygen atoms in total. The molecule has 1 fully saturated rings. The normalized spacial score (nSPS) is 15.3. The molecule has 1 aromatic rings. The van der Waals surface area contributed by atoms with Crippen LogP contribution in [0.15, 0.2) is 18.2 Å². The summed E-state index contributed by atoms with van der Waals surface area (Å²) in [6.45, 7) is 0.600. The Balaban J connectivity index is 1.81. The van der Waals surface area contributed by atoms with Gasteiger partial charge in [-0.05, 0) is 18.4 Å². The fourth-order valence-electron chi connectivity index (χ4n) is 2.75. The molecule has 22 heavy (non-hydrogen) atoms. The van der Waals surface area contributed by atoms with Crippen LogP contribution >= 0.6 is 11.6 Å². The van der Waals surface area contributed by atoms with Gasteiger partial charge < -0.3 is 10.6 Å². The van der Waals surface area contributed by atoms with E-state index in [4.69, 9.17) is 11.6 Å². The summed E-state index contributed by atoms with van der Waals surface area (Å²) in [6.07, 6.45) is 7.31. The van der Waals surface area contributed by atoms with Crippen LogP contribution in [0.25, 0.3) is 0 Å². The SMILES string of the molecule is O=C(NCCC1CCCCC1)Nc1cc([N+](=O)[O-])ccc1Cl. The highest BCUT2D eigenvalue weighted by Crippen LogP contribution is 2.27. The monoisotopic (exact) mass is 325 g/mol. The standard InChI is InChI=1S/C15H20ClN3O3/c16-13-7-6-12(19(21)22)10-14(13)18-15(20)17-9-8-11-4-2-1-3-5-11/h6-7,10-11H,1-5,8-9H2,(H2,17,18,20). The van der Waals surface area contributed by atoms with Gasteiger partial charge in [-0.1, -0.05) is 43.7 Å².